The second-order valence-corrected chi connectivity index (χ2v) is 6.41. The van der Waals surface area contributed by atoms with Gasteiger partial charge in [0, 0.05) is 23.9 Å². The number of amides is 2. The molecule has 2 aromatic rings. The SMILES string of the molecule is CC(C)Oc1ccc(-c2nc(C(=O)NCCCC(N)=O)cs2)cc1. The molecule has 0 saturated heterocycles. The Morgan fingerprint density at radius 3 is 2.62 bits per heavy atom. The first-order chi connectivity index (χ1) is 11.5. The summed E-state index contributed by atoms with van der Waals surface area (Å²) < 4.78 is 5.61. The van der Waals surface area contributed by atoms with Crippen LogP contribution in [0.4, 0.5) is 0 Å². The Labute approximate surface area is 145 Å². The van der Waals surface area contributed by atoms with E-state index in [1.807, 2.05) is 38.1 Å². The molecule has 1 aromatic heterocycles. The van der Waals surface area contributed by atoms with Crippen LogP contribution in [-0.2, 0) is 4.79 Å². The van der Waals surface area contributed by atoms with Crippen LogP contribution in [0.2, 0.25) is 0 Å². The van der Waals surface area contributed by atoms with Gasteiger partial charge in [0.15, 0.2) is 0 Å². The van der Waals surface area contributed by atoms with E-state index in [-0.39, 0.29) is 24.3 Å². The third-order valence-electron chi connectivity index (χ3n) is 3.10. The number of nitrogens with zero attached hydrogens (tertiary/aromatic N) is 1. The minimum absolute atomic E-state index is 0.126. The lowest BCUT2D eigenvalue weighted by Crippen LogP contribution is -2.25. The van der Waals surface area contributed by atoms with Gasteiger partial charge in [0.1, 0.15) is 16.5 Å². The number of carbonyl (C=O) groups excluding carboxylic acids is 2. The summed E-state index contributed by atoms with van der Waals surface area (Å²) in [6, 6.07) is 7.62. The highest BCUT2D eigenvalue weighted by atomic mass is 32.1. The maximum absolute atomic E-state index is 12.0. The molecule has 0 aliphatic heterocycles. The quantitative estimate of drug-likeness (QED) is 0.718. The van der Waals surface area contributed by atoms with Crippen molar-refractivity contribution in [3.8, 4) is 16.3 Å². The molecule has 6 nitrogen and oxygen atoms in total. The van der Waals surface area contributed by atoms with Crippen LogP contribution in [-0.4, -0.2) is 29.4 Å². The monoisotopic (exact) mass is 347 g/mol. The summed E-state index contributed by atoms with van der Waals surface area (Å²) in [6.45, 7) is 4.35. The van der Waals surface area contributed by atoms with E-state index in [1.54, 1.807) is 5.38 Å². The fourth-order valence-electron chi connectivity index (χ4n) is 2.01. The van der Waals surface area contributed by atoms with Gasteiger partial charge < -0.3 is 15.8 Å². The number of benzene rings is 1. The van der Waals surface area contributed by atoms with Gasteiger partial charge in [-0.2, -0.15) is 0 Å². The van der Waals surface area contributed by atoms with Gasteiger partial charge in [-0.05, 0) is 44.5 Å². The Morgan fingerprint density at radius 2 is 2.00 bits per heavy atom. The smallest absolute Gasteiger partial charge is 0.270 e. The van der Waals surface area contributed by atoms with Crippen molar-refractivity contribution in [2.45, 2.75) is 32.8 Å². The highest BCUT2D eigenvalue weighted by Gasteiger charge is 2.11. The number of hydrogen-bond donors (Lipinski definition) is 2. The van der Waals surface area contributed by atoms with Crippen LogP contribution in [0.15, 0.2) is 29.6 Å². The van der Waals surface area contributed by atoms with Gasteiger partial charge in [0.25, 0.3) is 5.91 Å². The normalized spacial score (nSPS) is 10.6. The molecule has 0 bridgehead atoms. The molecule has 1 heterocycles. The summed E-state index contributed by atoms with van der Waals surface area (Å²) in [7, 11) is 0. The Morgan fingerprint density at radius 1 is 1.29 bits per heavy atom. The standard InChI is InChI=1S/C17H21N3O3S/c1-11(2)23-13-7-5-12(6-8-13)17-20-14(10-24-17)16(22)19-9-3-4-15(18)21/h5-8,10-11H,3-4,9H2,1-2H3,(H2,18,21)(H,19,22). The highest BCUT2D eigenvalue weighted by molar-refractivity contribution is 7.13. The lowest BCUT2D eigenvalue weighted by Gasteiger charge is -2.09. The van der Waals surface area contributed by atoms with Crippen molar-refractivity contribution in [2.24, 2.45) is 5.73 Å². The molecule has 0 atom stereocenters. The maximum atomic E-state index is 12.0. The van der Waals surface area contributed by atoms with Crippen LogP contribution < -0.4 is 15.8 Å². The molecule has 0 aliphatic carbocycles. The van der Waals surface area contributed by atoms with E-state index >= 15 is 0 Å². The predicted octanol–water partition coefficient (Wildman–Crippen LogP) is 2.59. The summed E-state index contributed by atoms with van der Waals surface area (Å²) >= 11 is 1.41. The molecule has 0 aliphatic rings. The number of nitrogens with one attached hydrogen (secondary N) is 1. The number of thiazole rings is 1. The first-order valence-corrected chi connectivity index (χ1v) is 8.63. The number of ether oxygens (including phenoxy) is 1. The zero-order chi connectivity index (χ0) is 17.5. The molecule has 128 valence electrons. The topological polar surface area (TPSA) is 94.3 Å². The molecule has 3 N–H and O–H groups in total. The summed E-state index contributed by atoms with van der Waals surface area (Å²) in [5, 5.41) is 5.22. The van der Waals surface area contributed by atoms with Crippen LogP contribution in [0, 0.1) is 0 Å². The number of carbonyl (C=O) groups is 2. The van der Waals surface area contributed by atoms with Gasteiger partial charge in [-0.15, -0.1) is 11.3 Å². The fraction of sp³-hybridized carbons (Fsp3) is 0.353. The van der Waals surface area contributed by atoms with E-state index in [0.29, 0.717) is 18.7 Å². The van der Waals surface area contributed by atoms with Crippen LogP contribution >= 0.6 is 11.3 Å². The first kappa shape index (κ1) is 17.9. The van der Waals surface area contributed by atoms with Crippen molar-refractivity contribution in [3.05, 3.63) is 35.3 Å². The lowest BCUT2D eigenvalue weighted by molar-refractivity contribution is -0.118. The van der Waals surface area contributed by atoms with Crippen LogP contribution in [0.3, 0.4) is 0 Å². The Balaban J connectivity index is 1.94. The molecule has 2 rings (SSSR count). The molecule has 0 radical (unpaired) electrons. The van der Waals surface area contributed by atoms with Crippen LogP contribution in [0.5, 0.6) is 5.75 Å². The second-order valence-electron chi connectivity index (χ2n) is 5.55. The number of hydrogen-bond acceptors (Lipinski definition) is 5. The van der Waals surface area contributed by atoms with E-state index in [9.17, 15) is 9.59 Å². The number of rotatable bonds is 8. The lowest BCUT2D eigenvalue weighted by atomic mass is 10.2. The maximum Gasteiger partial charge on any atom is 0.270 e. The van der Waals surface area contributed by atoms with Crippen LogP contribution in [0.1, 0.15) is 37.2 Å². The van der Waals surface area contributed by atoms with Crippen molar-refractivity contribution in [3.63, 3.8) is 0 Å². The van der Waals surface area contributed by atoms with E-state index < -0.39 is 0 Å². The average molecular weight is 347 g/mol. The van der Waals surface area contributed by atoms with Gasteiger partial charge in [0.05, 0.1) is 6.10 Å². The van der Waals surface area contributed by atoms with E-state index in [1.165, 1.54) is 11.3 Å². The zero-order valence-electron chi connectivity index (χ0n) is 13.7. The first-order valence-electron chi connectivity index (χ1n) is 7.75. The molecule has 24 heavy (non-hydrogen) atoms. The average Bonchev–Trinajstić information content (AvgIpc) is 3.01. The third kappa shape index (κ3) is 5.34. The predicted molar refractivity (Wildman–Crippen MR) is 94.1 cm³/mol. The van der Waals surface area contributed by atoms with E-state index in [0.717, 1.165) is 16.3 Å². The largest absolute Gasteiger partial charge is 0.491 e. The summed E-state index contributed by atoms with van der Waals surface area (Å²) in [4.78, 5) is 27.0. The molecule has 0 fully saturated rings. The molecule has 1 aromatic carbocycles. The summed E-state index contributed by atoms with van der Waals surface area (Å²) in [6.07, 6.45) is 0.906. The zero-order valence-corrected chi connectivity index (χ0v) is 14.6. The molecule has 0 unspecified atom stereocenters. The summed E-state index contributed by atoms with van der Waals surface area (Å²) in [5.41, 5.74) is 6.36. The van der Waals surface area contributed by atoms with Crippen LogP contribution in [0.25, 0.3) is 10.6 Å². The molecular formula is C17H21N3O3S. The third-order valence-corrected chi connectivity index (χ3v) is 3.99. The molecule has 2 amide bonds. The van der Waals surface area contributed by atoms with Gasteiger partial charge >= 0.3 is 0 Å². The van der Waals surface area contributed by atoms with E-state index in [2.05, 4.69) is 10.3 Å². The number of primary amides is 1. The Bertz CT molecular complexity index is 695. The molecular weight excluding hydrogens is 326 g/mol. The van der Waals surface area contributed by atoms with Crippen molar-refractivity contribution < 1.29 is 14.3 Å². The second kappa shape index (κ2) is 8.44. The van der Waals surface area contributed by atoms with Crippen molar-refractivity contribution in [1.29, 1.82) is 0 Å². The summed E-state index contributed by atoms with van der Waals surface area (Å²) in [5.74, 6) is 0.185. The fourth-order valence-corrected chi connectivity index (χ4v) is 2.82. The van der Waals surface area contributed by atoms with Crippen molar-refractivity contribution >= 4 is 23.2 Å². The van der Waals surface area contributed by atoms with E-state index in [4.69, 9.17) is 10.5 Å². The van der Waals surface area contributed by atoms with Gasteiger partial charge in [-0.1, -0.05) is 0 Å². The Hall–Kier alpha value is -2.41. The minimum atomic E-state index is -0.370. The van der Waals surface area contributed by atoms with Crippen molar-refractivity contribution in [1.82, 2.24) is 10.3 Å². The number of aromatic nitrogens is 1. The molecule has 0 spiro atoms. The minimum Gasteiger partial charge on any atom is -0.491 e. The molecule has 7 heteroatoms. The highest BCUT2D eigenvalue weighted by Crippen LogP contribution is 2.26. The Kier molecular flexibility index (Phi) is 6.31. The van der Waals surface area contributed by atoms with Gasteiger partial charge in [-0.3, -0.25) is 9.59 Å². The number of nitrogens with two attached hydrogens (primary N) is 1. The molecule has 0 saturated carbocycles. The van der Waals surface area contributed by atoms with Gasteiger partial charge in [-0.25, -0.2) is 4.98 Å². The van der Waals surface area contributed by atoms with Gasteiger partial charge in [0.2, 0.25) is 5.91 Å². The van der Waals surface area contributed by atoms with Crippen molar-refractivity contribution in [2.75, 3.05) is 6.54 Å².